The molecule has 0 spiro atoms. The Morgan fingerprint density at radius 3 is 2.21 bits per heavy atom. The summed E-state index contributed by atoms with van der Waals surface area (Å²) in [6.07, 6.45) is 4.09. The van der Waals surface area contributed by atoms with Crippen LogP contribution < -0.4 is 31.9 Å². The predicted octanol–water partition coefficient (Wildman–Crippen LogP) is 1.01. The maximum absolute atomic E-state index is 12.5. The Labute approximate surface area is 191 Å². The van der Waals surface area contributed by atoms with E-state index in [1.54, 1.807) is 36.4 Å². The Balaban J connectivity index is 1.80. The monoisotopic (exact) mass is 448 g/mol. The number of carbonyl (C=O) groups is 1. The predicted molar refractivity (Wildman–Crippen MR) is 130 cm³/mol. The molecule has 1 aromatic heterocycles. The first kappa shape index (κ1) is 23.7. The molecule has 3 N–H and O–H groups in total. The second kappa shape index (κ2) is 11.1. The Hall–Kier alpha value is -3.91. The van der Waals surface area contributed by atoms with E-state index in [9.17, 15) is 14.4 Å². The molecule has 33 heavy (non-hydrogen) atoms. The molecule has 0 aliphatic rings. The topological polar surface area (TPSA) is 107 Å². The van der Waals surface area contributed by atoms with Crippen molar-refractivity contribution in [3.05, 3.63) is 91.1 Å². The summed E-state index contributed by atoms with van der Waals surface area (Å²) in [5.74, 6) is 0.557. The lowest BCUT2D eigenvalue weighted by Gasteiger charge is -2.10. The summed E-state index contributed by atoms with van der Waals surface area (Å²) in [6, 6.07) is 14.3. The number of nitrogens with one attached hydrogen (secondary N) is 3. The number of carbonyl (C=O) groups excluding carboxylic acids is 1. The summed E-state index contributed by atoms with van der Waals surface area (Å²) in [4.78, 5) is 43.7. The number of benzene rings is 2. The van der Waals surface area contributed by atoms with Crippen LogP contribution in [0.4, 0.5) is 5.69 Å². The van der Waals surface area contributed by atoms with E-state index >= 15 is 0 Å². The van der Waals surface area contributed by atoms with Crippen LogP contribution in [0.1, 0.15) is 24.5 Å². The molecule has 0 bridgehead atoms. The van der Waals surface area contributed by atoms with Gasteiger partial charge >= 0.3 is 0 Å². The number of anilines is 1. The second-order valence-corrected chi connectivity index (χ2v) is 7.91. The minimum atomic E-state index is -0.424. The van der Waals surface area contributed by atoms with Crippen LogP contribution >= 0.6 is 0 Å². The lowest BCUT2D eigenvalue weighted by atomic mass is 10.2. The molecular weight excluding hydrogens is 420 g/mol. The highest BCUT2D eigenvalue weighted by Crippen LogP contribution is 2.13. The minimum Gasteiger partial charge on any atom is -0.494 e. The van der Waals surface area contributed by atoms with Gasteiger partial charge in [-0.05, 0) is 68.1 Å². The summed E-state index contributed by atoms with van der Waals surface area (Å²) in [7, 11) is 4.04. The summed E-state index contributed by atoms with van der Waals surface area (Å²) in [5.41, 5.74) is 1.19. The van der Waals surface area contributed by atoms with Gasteiger partial charge in [-0.15, -0.1) is 0 Å². The van der Waals surface area contributed by atoms with Gasteiger partial charge in [-0.25, -0.2) is 0 Å². The number of H-pyrrole nitrogens is 2. The van der Waals surface area contributed by atoms with Crippen molar-refractivity contribution < 1.29 is 9.53 Å². The van der Waals surface area contributed by atoms with Crippen molar-refractivity contribution in [3.63, 3.8) is 0 Å². The van der Waals surface area contributed by atoms with Crippen molar-refractivity contribution in [2.24, 2.45) is 0 Å². The average molecular weight is 449 g/mol. The molecule has 3 rings (SSSR count). The van der Waals surface area contributed by atoms with Gasteiger partial charge < -0.3 is 24.9 Å². The van der Waals surface area contributed by atoms with Crippen molar-refractivity contribution in [2.75, 3.05) is 32.6 Å². The minimum absolute atomic E-state index is 0.124. The summed E-state index contributed by atoms with van der Waals surface area (Å²) >= 11 is 0. The molecule has 2 aromatic carbocycles. The van der Waals surface area contributed by atoms with E-state index in [0.717, 1.165) is 24.3 Å². The van der Waals surface area contributed by atoms with E-state index in [-0.39, 0.29) is 16.6 Å². The molecule has 0 fully saturated rings. The van der Waals surface area contributed by atoms with Crippen molar-refractivity contribution in [1.82, 2.24) is 14.9 Å². The third-order valence-corrected chi connectivity index (χ3v) is 4.71. The number of ether oxygens (including phenoxy) is 1. The highest BCUT2D eigenvalue weighted by Gasteiger charge is 2.00. The second-order valence-electron chi connectivity index (χ2n) is 7.91. The zero-order valence-corrected chi connectivity index (χ0v) is 19.0. The molecule has 0 saturated heterocycles. The first-order valence-electron chi connectivity index (χ1n) is 10.6. The lowest BCUT2D eigenvalue weighted by Crippen LogP contribution is -2.46. The van der Waals surface area contributed by atoms with E-state index in [2.05, 4.69) is 20.2 Å². The Morgan fingerprint density at radius 1 is 0.970 bits per heavy atom. The molecule has 0 unspecified atom stereocenters. The Kier molecular flexibility index (Phi) is 7.99. The van der Waals surface area contributed by atoms with Crippen LogP contribution in [0.2, 0.25) is 0 Å². The number of amides is 1. The van der Waals surface area contributed by atoms with Crippen molar-refractivity contribution in [1.29, 1.82) is 0 Å². The number of hydrogen-bond donors (Lipinski definition) is 3. The van der Waals surface area contributed by atoms with Gasteiger partial charge in [0, 0.05) is 19.2 Å². The van der Waals surface area contributed by atoms with E-state index in [4.69, 9.17) is 4.74 Å². The molecule has 8 heteroatoms. The number of aromatic nitrogens is 2. The summed E-state index contributed by atoms with van der Waals surface area (Å²) < 4.78 is 5.71. The Bertz CT molecular complexity index is 1340. The zero-order valence-electron chi connectivity index (χ0n) is 19.0. The van der Waals surface area contributed by atoms with E-state index in [0.29, 0.717) is 17.9 Å². The molecule has 0 aliphatic heterocycles. The number of rotatable bonds is 8. The van der Waals surface area contributed by atoms with Crippen LogP contribution in [0.3, 0.4) is 0 Å². The number of nitrogens with zero attached hydrogens (tertiary/aromatic N) is 1. The Morgan fingerprint density at radius 2 is 1.61 bits per heavy atom. The van der Waals surface area contributed by atoms with Gasteiger partial charge in [-0.1, -0.05) is 24.3 Å². The van der Waals surface area contributed by atoms with Crippen molar-refractivity contribution in [3.8, 4) is 5.75 Å². The molecule has 1 amide bonds. The maximum Gasteiger partial charge on any atom is 0.272 e. The summed E-state index contributed by atoms with van der Waals surface area (Å²) in [6.45, 7) is 3.00. The smallest absolute Gasteiger partial charge is 0.272 e. The number of aromatic amines is 2. The van der Waals surface area contributed by atoms with Gasteiger partial charge in [0.1, 0.15) is 16.4 Å². The molecule has 172 valence electrons. The standard InChI is InChI=1S/C25H28N4O4/c1-17(30)26-20-7-4-6-19(14-20)16-23-25(32)27-22(24(31)28-23)15-18-8-10-21(11-9-18)33-13-5-12-29(2)3/h4,6-11,14-16H,5,12-13H2,1-3H3,(H,26,30)(H,27,32)(H,28,31). The normalized spacial score (nSPS) is 12.2. The van der Waals surface area contributed by atoms with Gasteiger partial charge in [0.05, 0.1) is 6.61 Å². The highest BCUT2D eigenvalue weighted by atomic mass is 16.5. The fourth-order valence-corrected chi connectivity index (χ4v) is 3.17. The molecule has 0 aliphatic carbocycles. The SMILES string of the molecule is CC(=O)Nc1cccc(C=c2[nH]c(=O)c(=Cc3ccc(OCCCN(C)C)cc3)[nH]c2=O)c1. The molecular formula is C25H28N4O4. The molecule has 3 aromatic rings. The summed E-state index contributed by atoms with van der Waals surface area (Å²) in [5, 5.41) is 2.96. The van der Waals surface area contributed by atoms with E-state index in [1.165, 1.54) is 6.92 Å². The van der Waals surface area contributed by atoms with Crippen LogP contribution in [0.25, 0.3) is 12.2 Å². The van der Waals surface area contributed by atoms with Crippen molar-refractivity contribution in [2.45, 2.75) is 13.3 Å². The van der Waals surface area contributed by atoms with E-state index in [1.807, 2.05) is 38.4 Å². The first-order chi connectivity index (χ1) is 15.8. The average Bonchev–Trinajstić information content (AvgIpc) is 2.75. The lowest BCUT2D eigenvalue weighted by molar-refractivity contribution is -0.114. The van der Waals surface area contributed by atoms with Gasteiger partial charge in [0.15, 0.2) is 0 Å². The van der Waals surface area contributed by atoms with Gasteiger partial charge in [-0.2, -0.15) is 0 Å². The van der Waals surface area contributed by atoms with Gasteiger partial charge in [0.2, 0.25) is 5.91 Å². The maximum atomic E-state index is 12.5. The van der Waals surface area contributed by atoms with E-state index < -0.39 is 11.1 Å². The third-order valence-electron chi connectivity index (χ3n) is 4.71. The van der Waals surface area contributed by atoms with Crippen LogP contribution in [-0.2, 0) is 4.79 Å². The van der Waals surface area contributed by atoms with Gasteiger partial charge in [-0.3, -0.25) is 14.4 Å². The van der Waals surface area contributed by atoms with Gasteiger partial charge in [0.25, 0.3) is 11.1 Å². The molecule has 0 radical (unpaired) electrons. The molecule has 0 atom stereocenters. The van der Waals surface area contributed by atoms with Crippen molar-refractivity contribution >= 4 is 23.7 Å². The largest absolute Gasteiger partial charge is 0.494 e. The quantitative estimate of drug-likeness (QED) is 0.446. The van der Waals surface area contributed by atoms with Crippen LogP contribution in [-0.4, -0.2) is 48.0 Å². The zero-order chi connectivity index (χ0) is 23.8. The van der Waals surface area contributed by atoms with Crippen LogP contribution in [0, 0.1) is 0 Å². The third kappa shape index (κ3) is 7.33. The van der Waals surface area contributed by atoms with Crippen LogP contribution in [0.5, 0.6) is 5.75 Å². The molecule has 8 nitrogen and oxygen atoms in total. The fourth-order valence-electron chi connectivity index (χ4n) is 3.17. The number of hydrogen-bond acceptors (Lipinski definition) is 5. The molecule has 0 saturated carbocycles. The first-order valence-corrected chi connectivity index (χ1v) is 10.6. The molecule has 1 heterocycles. The highest BCUT2D eigenvalue weighted by molar-refractivity contribution is 5.88. The fraction of sp³-hybridized carbons (Fsp3) is 0.240. The van der Waals surface area contributed by atoms with Crippen LogP contribution in [0.15, 0.2) is 58.1 Å².